The zero-order chi connectivity index (χ0) is 14.5. The lowest BCUT2D eigenvalue weighted by Gasteiger charge is -2.10. The highest BCUT2D eigenvalue weighted by atomic mass is 35.5. The zero-order valence-corrected chi connectivity index (χ0v) is 13.7. The van der Waals surface area contributed by atoms with E-state index >= 15 is 0 Å². The Balaban J connectivity index is 2.73. The van der Waals surface area contributed by atoms with E-state index in [1.807, 2.05) is 0 Å². The van der Waals surface area contributed by atoms with Crippen LogP contribution in [0.15, 0.2) is 12.1 Å². The predicted molar refractivity (Wildman–Crippen MR) is 80.5 cm³/mol. The van der Waals surface area contributed by atoms with Gasteiger partial charge in [0.05, 0.1) is 15.8 Å². The molecule has 0 unspecified atom stereocenters. The van der Waals surface area contributed by atoms with Gasteiger partial charge < -0.3 is 4.18 Å². The van der Waals surface area contributed by atoms with Crippen molar-refractivity contribution in [3.05, 3.63) is 27.2 Å². The van der Waals surface area contributed by atoms with Gasteiger partial charge in [-0.05, 0) is 25.0 Å². The van der Waals surface area contributed by atoms with Crippen LogP contribution in [0.5, 0.6) is 5.75 Å². The first-order chi connectivity index (χ1) is 8.85. The number of alkyl halides is 1. The molecular weight excluding hydrogens is 354 g/mol. The minimum atomic E-state index is -3.73. The maximum absolute atomic E-state index is 11.7. The SMILES string of the molecule is O=S(=O)(CCCCCCl)Oc1c(Cl)cc(Cl)cc1Cl. The van der Waals surface area contributed by atoms with Gasteiger partial charge in [-0.2, -0.15) is 8.42 Å². The molecule has 0 fully saturated rings. The van der Waals surface area contributed by atoms with Crippen LogP contribution in [0.4, 0.5) is 0 Å². The second kappa shape index (κ2) is 7.79. The van der Waals surface area contributed by atoms with Crippen LogP contribution in [-0.2, 0) is 10.1 Å². The molecule has 1 rings (SSSR count). The number of hydrogen-bond donors (Lipinski definition) is 0. The van der Waals surface area contributed by atoms with Crippen LogP contribution in [0.3, 0.4) is 0 Å². The summed E-state index contributed by atoms with van der Waals surface area (Å²) < 4.78 is 28.4. The number of rotatable bonds is 7. The third kappa shape index (κ3) is 5.96. The summed E-state index contributed by atoms with van der Waals surface area (Å²) in [5.74, 6) is 0.305. The summed E-state index contributed by atoms with van der Waals surface area (Å²) in [4.78, 5) is 0. The van der Waals surface area contributed by atoms with Gasteiger partial charge >= 0.3 is 10.1 Å². The Morgan fingerprint density at radius 1 is 1.00 bits per heavy atom. The van der Waals surface area contributed by atoms with Gasteiger partial charge in [0.2, 0.25) is 0 Å². The van der Waals surface area contributed by atoms with E-state index in [0.717, 1.165) is 6.42 Å². The fourth-order valence-electron chi connectivity index (χ4n) is 1.33. The molecule has 0 radical (unpaired) electrons. The third-order valence-electron chi connectivity index (χ3n) is 2.20. The van der Waals surface area contributed by atoms with Crippen LogP contribution in [0.2, 0.25) is 15.1 Å². The maximum atomic E-state index is 11.7. The summed E-state index contributed by atoms with van der Waals surface area (Å²) >= 11 is 22.9. The topological polar surface area (TPSA) is 43.4 Å². The molecule has 19 heavy (non-hydrogen) atoms. The molecular formula is C11H12Cl4O3S. The first kappa shape index (κ1) is 17.2. The molecule has 1 aromatic rings. The van der Waals surface area contributed by atoms with Crippen LogP contribution < -0.4 is 4.18 Å². The molecule has 0 aliphatic heterocycles. The molecule has 0 aliphatic carbocycles. The monoisotopic (exact) mass is 364 g/mol. The third-order valence-corrected chi connectivity index (χ3v) is 4.46. The Bertz CT molecular complexity index is 508. The summed E-state index contributed by atoms with van der Waals surface area (Å²) in [5.41, 5.74) is 0. The summed E-state index contributed by atoms with van der Waals surface area (Å²) in [7, 11) is -3.73. The van der Waals surface area contributed by atoms with Crippen LogP contribution in [0, 0.1) is 0 Å². The molecule has 0 aliphatic rings. The van der Waals surface area contributed by atoms with Gasteiger partial charge in [0.1, 0.15) is 0 Å². The Hall–Kier alpha value is 0.130. The predicted octanol–water partition coefficient (Wildman–Crippen LogP) is 4.76. The van der Waals surface area contributed by atoms with Crippen molar-refractivity contribution in [2.24, 2.45) is 0 Å². The maximum Gasteiger partial charge on any atom is 0.309 e. The summed E-state index contributed by atoms with van der Waals surface area (Å²) in [6.45, 7) is 0. The van der Waals surface area contributed by atoms with Crippen molar-refractivity contribution in [3.63, 3.8) is 0 Å². The number of halogens is 4. The van der Waals surface area contributed by atoms with Gasteiger partial charge in [-0.15, -0.1) is 11.6 Å². The highest BCUT2D eigenvalue weighted by Crippen LogP contribution is 2.36. The van der Waals surface area contributed by atoms with Gasteiger partial charge in [-0.1, -0.05) is 41.2 Å². The molecule has 3 nitrogen and oxygen atoms in total. The summed E-state index contributed by atoms with van der Waals surface area (Å²) in [6, 6.07) is 2.74. The van der Waals surface area contributed by atoms with Gasteiger partial charge in [0.15, 0.2) is 5.75 Å². The van der Waals surface area contributed by atoms with Crippen molar-refractivity contribution in [2.45, 2.75) is 19.3 Å². The van der Waals surface area contributed by atoms with Crippen molar-refractivity contribution >= 4 is 56.5 Å². The fraction of sp³-hybridized carbons (Fsp3) is 0.455. The molecule has 0 atom stereocenters. The van der Waals surface area contributed by atoms with Crippen molar-refractivity contribution in [3.8, 4) is 5.75 Å². The zero-order valence-electron chi connectivity index (χ0n) is 9.84. The van der Waals surface area contributed by atoms with Gasteiger partial charge in [0, 0.05) is 10.9 Å². The molecule has 108 valence electrons. The second-order valence-electron chi connectivity index (χ2n) is 3.79. The van der Waals surface area contributed by atoms with Crippen LogP contribution in [0.1, 0.15) is 19.3 Å². The molecule has 1 aromatic carbocycles. The van der Waals surface area contributed by atoms with Gasteiger partial charge in [-0.3, -0.25) is 0 Å². The molecule has 0 spiro atoms. The van der Waals surface area contributed by atoms with Crippen LogP contribution in [0.25, 0.3) is 0 Å². The van der Waals surface area contributed by atoms with Crippen molar-refractivity contribution in [1.82, 2.24) is 0 Å². The van der Waals surface area contributed by atoms with Crippen molar-refractivity contribution < 1.29 is 12.6 Å². The fourth-order valence-corrected chi connectivity index (χ4v) is 3.58. The Morgan fingerprint density at radius 3 is 2.11 bits per heavy atom. The van der Waals surface area contributed by atoms with E-state index in [9.17, 15) is 8.42 Å². The normalized spacial score (nSPS) is 11.6. The lowest BCUT2D eigenvalue weighted by molar-refractivity contribution is 0.483. The number of unbranched alkanes of at least 4 members (excludes halogenated alkanes) is 2. The smallest absolute Gasteiger partial charge is 0.309 e. The van der Waals surface area contributed by atoms with E-state index in [1.165, 1.54) is 12.1 Å². The van der Waals surface area contributed by atoms with Crippen LogP contribution >= 0.6 is 46.4 Å². The molecule has 0 amide bonds. The van der Waals surface area contributed by atoms with Crippen LogP contribution in [-0.4, -0.2) is 20.1 Å². The lowest BCUT2D eigenvalue weighted by atomic mass is 10.3. The Morgan fingerprint density at radius 2 is 1.58 bits per heavy atom. The molecule has 0 bridgehead atoms. The van der Waals surface area contributed by atoms with E-state index in [2.05, 4.69) is 0 Å². The summed E-state index contributed by atoms with van der Waals surface area (Å²) in [6.07, 6.45) is 1.95. The van der Waals surface area contributed by atoms with E-state index in [-0.39, 0.29) is 21.5 Å². The van der Waals surface area contributed by atoms with Crippen molar-refractivity contribution in [1.29, 1.82) is 0 Å². The molecule has 0 saturated carbocycles. The van der Waals surface area contributed by atoms with Crippen molar-refractivity contribution in [2.75, 3.05) is 11.6 Å². The average Bonchev–Trinajstić information content (AvgIpc) is 2.29. The molecule has 0 aromatic heterocycles. The molecule has 0 saturated heterocycles. The van der Waals surface area contributed by atoms with E-state index in [0.29, 0.717) is 23.7 Å². The molecule has 0 N–H and O–H groups in total. The second-order valence-corrected chi connectivity index (χ2v) is 7.11. The summed E-state index contributed by atoms with van der Waals surface area (Å²) in [5, 5.41) is 0.422. The quantitative estimate of drug-likeness (QED) is 0.397. The molecule has 0 heterocycles. The van der Waals surface area contributed by atoms with E-state index in [4.69, 9.17) is 50.6 Å². The van der Waals surface area contributed by atoms with E-state index < -0.39 is 10.1 Å². The Labute approximate surface area is 132 Å². The first-order valence-electron chi connectivity index (χ1n) is 5.48. The first-order valence-corrected chi connectivity index (χ1v) is 8.73. The number of benzene rings is 1. The average molecular weight is 366 g/mol. The van der Waals surface area contributed by atoms with Gasteiger partial charge in [-0.25, -0.2) is 0 Å². The Kier molecular flexibility index (Phi) is 7.05. The molecule has 8 heteroatoms. The standard InChI is InChI=1S/C11H12Cl4O3S/c12-4-2-1-3-5-19(16,17)18-11-9(14)6-8(13)7-10(11)15/h6-7H,1-5H2. The highest BCUT2D eigenvalue weighted by Gasteiger charge is 2.18. The lowest BCUT2D eigenvalue weighted by Crippen LogP contribution is -2.14. The minimum Gasteiger partial charge on any atom is -0.379 e. The minimum absolute atomic E-state index is 0.0573. The van der Waals surface area contributed by atoms with Gasteiger partial charge in [0.25, 0.3) is 0 Å². The largest absolute Gasteiger partial charge is 0.379 e. The highest BCUT2D eigenvalue weighted by molar-refractivity contribution is 7.87. The van der Waals surface area contributed by atoms with E-state index in [1.54, 1.807) is 0 Å². The number of hydrogen-bond acceptors (Lipinski definition) is 3.